The summed E-state index contributed by atoms with van der Waals surface area (Å²) < 4.78 is 0. The average molecular weight is 304 g/mol. The fourth-order valence-corrected chi connectivity index (χ4v) is 1.93. The first kappa shape index (κ1) is 14.4. The van der Waals surface area contributed by atoms with Gasteiger partial charge < -0.3 is 16.0 Å². The fraction of sp³-hybridized carbons (Fsp3) is 0.818. The summed E-state index contributed by atoms with van der Waals surface area (Å²) in [4.78, 5) is 10.4. The van der Waals surface area contributed by atoms with Crippen LogP contribution in [0.15, 0.2) is 9.98 Å². The van der Waals surface area contributed by atoms with Crippen LogP contribution >= 0.6 is 15.9 Å². The van der Waals surface area contributed by atoms with Crippen LogP contribution in [0.2, 0.25) is 0 Å². The van der Waals surface area contributed by atoms with Crippen molar-refractivity contribution in [2.75, 3.05) is 25.5 Å². The summed E-state index contributed by atoms with van der Waals surface area (Å²) in [6, 6.07) is 0. The molecule has 0 radical (unpaired) electrons. The highest BCUT2D eigenvalue weighted by molar-refractivity contribution is 9.09. The van der Waals surface area contributed by atoms with E-state index in [1.54, 1.807) is 6.34 Å². The van der Waals surface area contributed by atoms with E-state index in [2.05, 4.69) is 31.2 Å². The van der Waals surface area contributed by atoms with Gasteiger partial charge in [-0.2, -0.15) is 0 Å². The number of unbranched alkanes of at least 4 members (excludes halogenated alkanes) is 2. The predicted molar refractivity (Wildman–Crippen MR) is 76.8 cm³/mol. The second-order valence-corrected chi connectivity index (χ2v) is 4.94. The van der Waals surface area contributed by atoms with Crippen molar-refractivity contribution in [3.63, 3.8) is 0 Å². The van der Waals surface area contributed by atoms with E-state index < -0.39 is 0 Å². The molecule has 1 atom stereocenters. The lowest BCUT2D eigenvalue weighted by Crippen LogP contribution is -2.38. The second kappa shape index (κ2) is 8.47. The van der Waals surface area contributed by atoms with Crippen LogP contribution in [0.4, 0.5) is 0 Å². The topological polar surface area (TPSA) is 66.0 Å². The van der Waals surface area contributed by atoms with Gasteiger partial charge in [0.2, 0.25) is 5.96 Å². The van der Waals surface area contributed by atoms with Crippen molar-refractivity contribution in [2.24, 2.45) is 15.7 Å². The summed E-state index contributed by atoms with van der Waals surface area (Å²) in [6.45, 7) is 1.70. The Morgan fingerprint density at radius 2 is 2.41 bits per heavy atom. The van der Waals surface area contributed by atoms with Crippen LogP contribution in [0.5, 0.6) is 0 Å². The number of aliphatic imine (C=N–C) groups is 2. The van der Waals surface area contributed by atoms with E-state index in [1.165, 1.54) is 12.8 Å². The van der Waals surface area contributed by atoms with Gasteiger partial charge in [0.15, 0.2) is 0 Å². The number of guanidine groups is 1. The zero-order valence-electron chi connectivity index (χ0n) is 10.4. The Labute approximate surface area is 112 Å². The van der Waals surface area contributed by atoms with Gasteiger partial charge in [-0.25, -0.2) is 9.98 Å². The lowest BCUT2D eigenvalue weighted by atomic mass is 10.2. The standard InChI is InChI=1S/C11H22BrN5/c1-17(9-16-11-14-7-8-15-11)10(13)5-3-2-4-6-12/h9-10H,2-8,13H2,1H3,(H,14,15)/b16-9+. The van der Waals surface area contributed by atoms with Gasteiger partial charge in [-0.15, -0.1) is 0 Å². The molecule has 1 aliphatic rings. The quantitative estimate of drug-likeness (QED) is 0.244. The van der Waals surface area contributed by atoms with Gasteiger partial charge in [-0.1, -0.05) is 28.8 Å². The fourth-order valence-electron chi connectivity index (χ4n) is 1.53. The lowest BCUT2D eigenvalue weighted by molar-refractivity contribution is 0.352. The van der Waals surface area contributed by atoms with Crippen LogP contribution in [0.25, 0.3) is 0 Å². The van der Waals surface area contributed by atoms with Crippen LogP contribution in [0, 0.1) is 0 Å². The Morgan fingerprint density at radius 1 is 1.59 bits per heavy atom. The lowest BCUT2D eigenvalue weighted by Gasteiger charge is -2.21. The van der Waals surface area contributed by atoms with Crippen molar-refractivity contribution in [3.8, 4) is 0 Å². The Kier molecular flexibility index (Phi) is 7.19. The second-order valence-electron chi connectivity index (χ2n) is 4.15. The van der Waals surface area contributed by atoms with E-state index in [-0.39, 0.29) is 6.17 Å². The van der Waals surface area contributed by atoms with Gasteiger partial charge in [-0.3, -0.25) is 0 Å². The highest BCUT2D eigenvalue weighted by Gasteiger charge is 2.07. The maximum atomic E-state index is 6.05. The molecule has 0 amide bonds. The molecule has 3 N–H and O–H groups in total. The van der Waals surface area contributed by atoms with E-state index in [9.17, 15) is 0 Å². The molecule has 0 aromatic carbocycles. The minimum absolute atomic E-state index is 0.0380. The highest BCUT2D eigenvalue weighted by Crippen LogP contribution is 2.05. The number of nitrogens with two attached hydrogens (primary N) is 1. The molecular formula is C11H22BrN5. The van der Waals surface area contributed by atoms with Crippen LogP contribution in [0.3, 0.4) is 0 Å². The summed E-state index contributed by atoms with van der Waals surface area (Å²) in [5.74, 6) is 0.711. The third kappa shape index (κ3) is 6.02. The summed E-state index contributed by atoms with van der Waals surface area (Å²) in [6.07, 6.45) is 6.38. The molecule has 0 spiro atoms. The van der Waals surface area contributed by atoms with Gasteiger partial charge in [0, 0.05) is 18.9 Å². The van der Waals surface area contributed by atoms with Gasteiger partial charge in [-0.05, 0) is 12.8 Å². The van der Waals surface area contributed by atoms with Gasteiger partial charge in [0.05, 0.1) is 19.0 Å². The zero-order chi connectivity index (χ0) is 12.5. The van der Waals surface area contributed by atoms with Crippen LogP contribution in [-0.2, 0) is 0 Å². The Balaban J connectivity index is 2.19. The van der Waals surface area contributed by atoms with Crippen LogP contribution < -0.4 is 11.1 Å². The number of halogens is 1. The van der Waals surface area contributed by atoms with Crippen LogP contribution in [0.1, 0.15) is 25.7 Å². The van der Waals surface area contributed by atoms with Crippen molar-refractivity contribution in [1.82, 2.24) is 10.2 Å². The molecule has 5 nitrogen and oxygen atoms in total. The molecule has 1 rings (SSSR count). The largest absolute Gasteiger partial charge is 0.353 e. The van der Waals surface area contributed by atoms with E-state index in [0.29, 0.717) is 5.96 Å². The number of hydrogen-bond acceptors (Lipinski definition) is 4. The summed E-state index contributed by atoms with van der Waals surface area (Å²) in [5, 5.41) is 4.16. The Hall–Kier alpha value is -0.620. The van der Waals surface area contributed by atoms with Gasteiger partial charge in [0.1, 0.15) is 0 Å². The number of hydrogen-bond donors (Lipinski definition) is 2. The van der Waals surface area contributed by atoms with Gasteiger partial charge in [0.25, 0.3) is 0 Å². The molecule has 0 fully saturated rings. The predicted octanol–water partition coefficient (Wildman–Crippen LogP) is 1.15. The molecule has 1 heterocycles. The first-order chi connectivity index (χ1) is 8.24. The molecule has 0 saturated heterocycles. The number of nitrogens with zero attached hydrogens (tertiary/aromatic N) is 3. The third-order valence-electron chi connectivity index (χ3n) is 2.68. The molecule has 1 aliphatic heterocycles. The number of nitrogens with one attached hydrogen (secondary N) is 1. The van der Waals surface area contributed by atoms with E-state index >= 15 is 0 Å². The highest BCUT2D eigenvalue weighted by atomic mass is 79.9. The van der Waals surface area contributed by atoms with Crippen molar-refractivity contribution in [3.05, 3.63) is 0 Å². The smallest absolute Gasteiger partial charge is 0.219 e. The molecule has 0 aromatic heterocycles. The van der Waals surface area contributed by atoms with Gasteiger partial charge >= 0.3 is 0 Å². The number of rotatable bonds is 7. The maximum absolute atomic E-state index is 6.05. The average Bonchev–Trinajstić information content (AvgIpc) is 2.84. The number of alkyl halides is 1. The van der Waals surface area contributed by atoms with E-state index in [1.807, 2.05) is 11.9 Å². The molecule has 0 aliphatic carbocycles. The van der Waals surface area contributed by atoms with Crippen molar-refractivity contribution >= 4 is 28.2 Å². The maximum Gasteiger partial charge on any atom is 0.219 e. The third-order valence-corrected chi connectivity index (χ3v) is 3.24. The molecule has 98 valence electrons. The Bertz CT molecular complexity index is 267. The molecular weight excluding hydrogens is 282 g/mol. The monoisotopic (exact) mass is 303 g/mol. The minimum Gasteiger partial charge on any atom is -0.353 e. The molecule has 0 aromatic rings. The first-order valence-corrected chi connectivity index (χ1v) is 7.22. The summed E-state index contributed by atoms with van der Waals surface area (Å²) >= 11 is 3.43. The van der Waals surface area contributed by atoms with Crippen molar-refractivity contribution in [2.45, 2.75) is 31.8 Å². The normalized spacial score (nSPS) is 17.0. The van der Waals surface area contributed by atoms with Crippen molar-refractivity contribution in [1.29, 1.82) is 0 Å². The van der Waals surface area contributed by atoms with E-state index in [4.69, 9.17) is 5.73 Å². The molecule has 17 heavy (non-hydrogen) atoms. The minimum atomic E-state index is 0.0380. The molecule has 6 heteroatoms. The summed E-state index contributed by atoms with van der Waals surface area (Å²) in [7, 11) is 1.95. The molecule has 1 unspecified atom stereocenters. The SMILES string of the molecule is CN(/C=N/C1=NCCN1)C(N)CCCCCBr. The Morgan fingerprint density at radius 3 is 3.06 bits per heavy atom. The van der Waals surface area contributed by atoms with Crippen molar-refractivity contribution < 1.29 is 0 Å². The molecule has 0 bridgehead atoms. The molecule has 0 saturated carbocycles. The first-order valence-electron chi connectivity index (χ1n) is 6.10. The van der Waals surface area contributed by atoms with E-state index in [0.717, 1.165) is 31.3 Å². The summed E-state index contributed by atoms with van der Waals surface area (Å²) in [5.41, 5.74) is 6.05. The van der Waals surface area contributed by atoms with Crippen LogP contribution in [-0.4, -0.2) is 48.8 Å². The zero-order valence-corrected chi connectivity index (χ0v) is 12.0.